The summed E-state index contributed by atoms with van der Waals surface area (Å²) in [4.78, 5) is 0. The van der Waals surface area contributed by atoms with E-state index >= 15 is 0 Å². The molecule has 0 aliphatic heterocycles. The van der Waals surface area contributed by atoms with Crippen molar-refractivity contribution in [3.05, 3.63) is 35.4 Å². The Hall–Kier alpha value is -0.490. The third kappa shape index (κ3) is 3.52. The molecule has 1 aromatic carbocycles. The predicted octanol–water partition coefficient (Wildman–Crippen LogP) is 4.79. The molecule has 0 saturated heterocycles. The summed E-state index contributed by atoms with van der Waals surface area (Å²) in [5, 5.41) is 0. The van der Waals surface area contributed by atoms with Crippen molar-refractivity contribution in [1.82, 2.24) is 0 Å². The summed E-state index contributed by atoms with van der Waals surface area (Å²) >= 11 is 5.83. The van der Waals surface area contributed by atoms with Crippen molar-refractivity contribution >= 4 is 11.6 Å². The van der Waals surface area contributed by atoms with E-state index in [1.54, 1.807) is 0 Å². The Morgan fingerprint density at radius 1 is 1.19 bits per heavy atom. The number of hydrogen-bond donors (Lipinski definition) is 0. The van der Waals surface area contributed by atoms with Gasteiger partial charge in [0.1, 0.15) is 0 Å². The van der Waals surface area contributed by atoms with E-state index in [0.29, 0.717) is 5.92 Å². The van der Waals surface area contributed by atoms with Crippen LogP contribution in [0.5, 0.6) is 0 Å². The second-order valence-electron chi connectivity index (χ2n) is 5.40. The second-order valence-corrected chi connectivity index (χ2v) is 5.71. The maximum Gasteiger partial charge on any atom is 0.0252 e. The first kappa shape index (κ1) is 13.6. The van der Waals surface area contributed by atoms with Gasteiger partial charge in [0.25, 0.3) is 0 Å². The van der Waals surface area contributed by atoms with Crippen LogP contribution in [0.2, 0.25) is 0 Å². The largest absolute Gasteiger partial charge is 0.126 e. The Balaban J connectivity index is 2.75. The van der Waals surface area contributed by atoms with Crippen molar-refractivity contribution in [2.75, 3.05) is 5.88 Å². The molecule has 0 amide bonds. The first-order chi connectivity index (χ1) is 7.49. The molecule has 16 heavy (non-hydrogen) atoms. The van der Waals surface area contributed by atoms with Crippen molar-refractivity contribution in [2.24, 2.45) is 5.92 Å². The predicted molar refractivity (Wildman–Crippen MR) is 73.3 cm³/mol. The summed E-state index contributed by atoms with van der Waals surface area (Å²) in [5.41, 5.74) is 3.11. The lowest BCUT2D eigenvalue weighted by molar-refractivity contribution is 0.506. The molecule has 0 fully saturated rings. The SMILES string of the molecule is CCC(C)(C)c1ccc(CC(C)CCl)cc1. The van der Waals surface area contributed by atoms with Crippen LogP contribution in [0.3, 0.4) is 0 Å². The van der Waals surface area contributed by atoms with Gasteiger partial charge >= 0.3 is 0 Å². The highest BCUT2D eigenvalue weighted by Crippen LogP contribution is 2.27. The molecule has 1 rings (SSSR count). The Bertz CT molecular complexity index is 311. The van der Waals surface area contributed by atoms with E-state index in [4.69, 9.17) is 11.6 Å². The van der Waals surface area contributed by atoms with Crippen LogP contribution in [0.1, 0.15) is 45.2 Å². The van der Waals surface area contributed by atoms with Crippen LogP contribution in [0.4, 0.5) is 0 Å². The maximum atomic E-state index is 5.83. The third-order valence-electron chi connectivity index (χ3n) is 3.47. The van der Waals surface area contributed by atoms with Crippen LogP contribution in [-0.2, 0) is 11.8 Å². The molecule has 1 heteroatoms. The normalized spacial score (nSPS) is 13.8. The van der Waals surface area contributed by atoms with E-state index < -0.39 is 0 Å². The fraction of sp³-hybridized carbons (Fsp3) is 0.600. The molecule has 0 aliphatic carbocycles. The van der Waals surface area contributed by atoms with E-state index in [2.05, 4.69) is 52.0 Å². The van der Waals surface area contributed by atoms with Gasteiger partial charge in [0.15, 0.2) is 0 Å². The van der Waals surface area contributed by atoms with Crippen LogP contribution in [0.15, 0.2) is 24.3 Å². The molecular weight excluding hydrogens is 216 g/mol. The number of rotatable bonds is 5. The average Bonchev–Trinajstić information content (AvgIpc) is 2.29. The summed E-state index contributed by atoms with van der Waals surface area (Å²) in [6.07, 6.45) is 2.25. The molecule has 0 nitrogen and oxygen atoms in total. The molecule has 0 bridgehead atoms. The zero-order valence-electron chi connectivity index (χ0n) is 10.9. The zero-order valence-corrected chi connectivity index (χ0v) is 11.6. The van der Waals surface area contributed by atoms with Gasteiger partial charge in [0.2, 0.25) is 0 Å². The average molecular weight is 239 g/mol. The Morgan fingerprint density at radius 2 is 1.75 bits per heavy atom. The van der Waals surface area contributed by atoms with Crippen molar-refractivity contribution in [3.63, 3.8) is 0 Å². The van der Waals surface area contributed by atoms with Crippen LogP contribution in [0.25, 0.3) is 0 Å². The van der Waals surface area contributed by atoms with Gasteiger partial charge in [0, 0.05) is 5.88 Å². The first-order valence-electron chi connectivity index (χ1n) is 6.15. The molecule has 1 atom stereocenters. The number of alkyl halides is 1. The Kier molecular flexibility index (Phi) is 4.86. The minimum atomic E-state index is 0.288. The van der Waals surface area contributed by atoms with E-state index in [9.17, 15) is 0 Å². The monoisotopic (exact) mass is 238 g/mol. The molecule has 0 saturated carbocycles. The zero-order chi connectivity index (χ0) is 12.2. The number of hydrogen-bond acceptors (Lipinski definition) is 0. The fourth-order valence-corrected chi connectivity index (χ4v) is 1.86. The number of halogens is 1. The molecule has 90 valence electrons. The van der Waals surface area contributed by atoms with Crippen LogP contribution < -0.4 is 0 Å². The van der Waals surface area contributed by atoms with Crippen molar-refractivity contribution in [3.8, 4) is 0 Å². The molecule has 0 spiro atoms. The maximum absolute atomic E-state index is 5.83. The standard InChI is InChI=1S/C15H23Cl/c1-5-15(3,4)14-8-6-13(7-9-14)10-12(2)11-16/h6-9,12H,5,10-11H2,1-4H3. The van der Waals surface area contributed by atoms with Gasteiger partial charge in [-0.1, -0.05) is 52.0 Å². The third-order valence-corrected chi connectivity index (χ3v) is 3.99. The van der Waals surface area contributed by atoms with Crippen molar-refractivity contribution in [1.29, 1.82) is 0 Å². The Labute approximate surface area is 105 Å². The lowest BCUT2D eigenvalue weighted by Gasteiger charge is -2.23. The number of benzene rings is 1. The van der Waals surface area contributed by atoms with E-state index in [1.165, 1.54) is 17.5 Å². The van der Waals surface area contributed by atoms with Gasteiger partial charge in [-0.2, -0.15) is 0 Å². The van der Waals surface area contributed by atoms with E-state index in [-0.39, 0.29) is 5.41 Å². The van der Waals surface area contributed by atoms with Crippen molar-refractivity contribution in [2.45, 2.75) is 46.0 Å². The highest BCUT2D eigenvalue weighted by Gasteiger charge is 2.17. The first-order valence-corrected chi connectivity index (χ1v) is 6.68. The van der Waals surface area contributed by atoms with Gasteiger partial charge < -0.3 is 0 Å². The molecule has 0 N–H and O–H groups in total. The van der Waals surface area contributed by atoms with Gasteiger partial charge in [-0.3, -0.25) is 0 Å². The summed E-state index contributed by atoms with van der Waals surface area (Å²) < 4.78 is 0. The molecule has 0 heterocycles. The van der Waals surface area contributed by atoms with E-state index in [0.717, 1.165) is 12.3 Å². The smallest absolute Gasteiger partial charge is 0.0252 e. The van der Waals surface area contributed by atoms with Gasteiger partial charge in [0.05, 0.1) is 0 Å². The quantitative estimate of drug-likeness (QED) is 0.647. The lowest BCUT2D eigenvalue weighted by Crippen LogP contribution is -2.15. The lowest BCUT2D eigenvalue weighted by atomic mass is 9.82. The minimum absolute atomic E-state index is 0.288. The minimum Gasteiger partial charge on any atom is -0.126 e. The molecule has 0 aliphatic rings. The summed E-state index contributed by atoms with van der Waals surface area (Å²) in [6, 6.07) is 9.02. The Morgan fingerprint density at radius 3 is 2.19 bits per heavy atom. The summed E-state index contributed by atoms with van der Waals surface area (Å²) in [7, 11) is 0. The van der Waals surface area contributed by atoms with Crippen LogP contribution in [-0.4, -0.2) is 5.88 Å². The summed E-state index contributed by atoms with van der Waals surface area (Å²) in [5.74, 6) is 1.30. The van der Waals surface area contributed by atoms with Gasteiger partial charge in [-0.15, -0.1) is 11.6 Å². The molecule has 1 unspecified atom stereocenters. The molecule has 1 aromatic rings. The second kappa shape index (κ2) is 5.72. The van der Waals surface area contributed by atoms with Gasteiger partial charge in [-0.25, -0.2) is 0 Å². The molecular formula is C15H23Cl. The van der Waals surface area contributed by atoms with Crippen molar-refractivity contribution < 1.29 is 0 Å². The van der Waals surface area contributed by atoms with Gasteiger partial charge in [-0.05, 0) is 35.3 Å². The molecule has 0 aromatic heterocycles. The highest BCUT2D eigenvalue weighted by atomic mass is 35.5. The molecule has 0 radical (unpaired) electrons. The van der Waals surface area contributed by atoms with Crippen LogP contribution in [0, 0.1) is 5.92 Å². The topological polar surface area (TPSA) is 0 Å². The van der Waals surface area contributed by atoms with Crippen LogP contribution >= 0.6 is 11.6 Å². The highest BCUT2D eigenvalue weighted by molar-refractivity contribution is 6.18. The fourth-order valence-electron chi connectivity index (χ4n) is 1.75. The van der Waals surface area contributed by atoms with E-state index in [1.807, 2.05) is 0 Å². The summed E-state index contributed by atoms with van der Waals surface area (Å²) in [6.45, 7) is 9.02.